The number of carbonyl (C=O) groups excluding carboxylic acids is 1. The zero-order valence-corrected chi connectivity index (χ0v) is 17.1. The zero-order valence-electron chi connectivity index (χ0n) is 16.3. The van der Waals surface area contributed by atoms with Crippen LogP contribution in [-0.4, -0.2) is 20.6 Å². The van der Waals surface area contributed by atoms with Crippen LogP contribution in [-0.2, 0) is 6.54 Å². The molecule has 1 amide bonds. The van der Waals surface area contributed by atoms with Gasteiger partial charge in [0.1, 0.15) is 11.4 Å². The average Bonchev–Trinajstić information content (AvgIpc) is 2.95. The van der Waals surface area contributed by atoms with Crippen LogP contribution in [0.3, 0.4) is 0 Å². The molecule has 1 N–H and O–H groups in total. The predicted octanol–water partition coefficient (Wildman–Crippen LogP) is 4.60. The molecule has 2 aromatic carbocycles. The second-order valence-corrected chi connectivity index (χ2v) is 7.32. The van der Waals surface area contributed by atoms with Gasteiger partial charge in [-0.1, -0.05) is 35.9 Å². The summed E-state index contributed by atoms with van der Waals surface area (Å²) in [7, 11) is 0. The van der Waals surface area contributed by atoms with Crippen LogP contribution in [0, 0.1) is 24.0 Å². The van der Waals surface area contributed by atoms with Gasteiger partial charge in [-0.2, -0.15) is 5.10 Å². The Morgan fingerprint density at radius 3 is 2.52 bits per heavy atom. The number of carbonyl (C=O) groups is 1. The largest absolute Gasteiger partial charge is 0.346 e. The van der Waals surface area contributed by atoms with Crippen LogP contribution < -0.4 is 5.32 Å². The van der Waals surface area contributed by atoms with E-state index in [0.29, 0.717) is 28.5 Å². The van der Waals surface area contributed by atoms with Gasteiger partial charge in [0.2, 0.25) is 0 Å². The lowest BCUT2D eigenvalue weighted by Crippen LogP contribution is -2.26. The lowest BCUT2D eigenvalue weighted by molar-refractivity contribution is -0.386. The fourth-order valence-corrected chi connectivity index (χ4v) is 3.38. The van der Waals surface area contributed by atoms with Crippen molar-refractivity contribution in [2.24, 2.45) is 0 Å². The van der Waals surface area contributed by atoms with Gasteiger partial charge >= 0.3 is 5.69 Å². The molecule has 1 heterocycles. The Morgan fingerprint density at radius 2 is 1.93 bits per heavy atom. The molecule has 8 heteroatoms. The molecule has 1 aromatic heterocycles. The van der Waals surface area contributed by atoms with Gasteiger partial charge in [-0.3, -0.25) is 19.6 Å². The Hall–Kier alpha value is -3.19. The summed E-state index contributed by atoms with van der Waals surface area (Å²) in [6.07, 6.45) is 0. The third-order valence-electron chi connectivity index (χ3n) is 4.77. The molecule has 0 spiro atoms. The number of nitrogens with one attached hydrogen (secondary N) is 1. The number of nitrogens with zero attached hydrogens (tertiary/aromatic N) is 3. The van der Waals surface area contributed by atoms with Gasteiger partial charge in [-0.05, 0) is 56.2 Å². The maximum absolute atomic E-state index is 12.5. The van der Waals surface area contributed by atoms with Gasteiger partial charge in [0, 0.05) is 10.6 Å². The maximum Gasteiger partial charge on any atom is 0.312 e. The van der Waals surface area contributed by atoms with Crippen LogP contribution in [0.25, 0.3) is 0 Å². The number of amides is 1. The van der Waals surface area contributed by atoms with Crippen molar-refractivity contribution in [1.29, 1.82) is 0 Å². The molecular formula is C21H21ClN4O3. The third kappa shape index (κ3) is 4.63. The normalized spacial score (nSPS) is 11.9. The van der Waals surface area contributed by atoms with E-state index in [4.69, 9.17) is 11.6 Å². The summed E-state index contributed by atoms with van der Waals surface area (Å²) in [5.41, 5.74) is 3.28. The fraction of sp³-hybridized carbons (Fsp3) is 0.238. The molecule has 150 valence electrons. The SMILES string of the molecule is Cc1nn(Cc2ccc(C(=O)N[C@@H](C)c3cccc(Cl)c3)cc2)c(C)c1[N+](=O)[O-]. The lowest BCUT2D eigenvalue weighted by Gasteiger charge is -2.15. The number of benzene rings is 2. The molecule has 0 aliphatic carbocycles. The molecule has 0 saturated heterocycles. The Balaban J connectivity index is 1.69. The van der Waals surface area contributed by atoms with Crippen LogP contribution in [0.2, 0.25) is 5.02 Å². The van der Waals surface area contributed by atoms with E-state index in [2.05, 4.69) is 10.4 Å². The van der Waals surface area contributed by atoms with Gasteiger partial charge in [-0.15, -0.1) is 0 Å². The van der Waals surface area contributed by atoms with Crippen molar-refractivity contribution >= 4 is 23.2 Å². The minimum absolute atomic E-state index is 0.0380. The maximum atomic E-state index is 12.5. The lowest BCUT2D eigenvalue weighted by atomic mass is 10.1. The average molecular weight is 413 g/mol. The van der Waals surface area contributed by atoms with Crippen LogP contribution in [0.15, 0.2) is 48.5 Å². The summed E-state index contributed by atoms with van der Waals surface area (Å²) in [4.78, 5) is 23.2. The Labute approximate surface area is 173 Å². The number of aryl methyl sites for hydroxylation is 1. The van der Waals surface area contributed by atoms with Crippen molar-refractivity contribution in [1.82, 2.24) is 15.1 Å². The third-order valence-corrected chi connectivity index (χ3v) is 5.01. The second kappa shape index (κ2) is 8.45. The molecule has 0 aliphatic rings. The minimum atomic E-state index is -0.414. The Morgan fingerprint density at radius 1 is 1.24 bits per heavy atom. The quantitative estimate of drug-likeness (QED) is 0.473. The molecule has 0 aliphatic heterocycles. The highest BCUT2D eigenvalue weighted by Crippen LogP contribution is 2.23. The predicted molar refractivity (Wildman–Crippen MR) is 111 cm³/mol. The van der Waals surface area contributed by atoms with Crippen LogP contribution in [0.1, 0.15) is 45.8 Å². The number of hydrogen-bond donors (Lipinski definition) is 1. The van der Waals surface area contributed by atoms with Gasteiger partial charge in [0.05, 0.1) is 17.5 Å². The van der Waals surface area contributed by atoms with E-state index < -0.39 is 4.92 Å². The molecule has 0 saturated carbocycles. The number of aromatic nitrogens is 2. The fourth-order valence-electron chi connectivity index (χ4n) is 3.18. The number of rotatable bonds is 6. The number of halogens is 1. The summed E-state index contributed by atoms with van der Waals surface area (Å²) >= 11 is 6.01. The van der Waals surface area contributed by atoms with Crippen molar-refractivity contribution < 1.29 is 9.72 Å². The first-order chi connectivity index (χ1) is 13.8. The van der Waals surface area contributed by atoms with E-state index in [1.54, 1.807) is 36.7 Å². The summed E-state index contributed by atoms with van der Waals surface area (Å²) in [6, 6.07) is 14.3. The summed E-state index contributed by atoms with van der Waals surface area (Å²) in [6.45, 7) is 5.59. The molecule has 3 aromatic rings. The van der Waals surface area contributed by atoms with E-state index in [1.165, 1.54) is 0 Å². The highest BCUT2D eigenvalue weighted by Gasteiger charge is 2.21. The smallest absolute Gasteiger partial charge is 0.312 e. The Kier molecular flexibility index (Phi) is 5.98. The van der Waals surface area contributed by atoms with Crippen LogP contribution >= 0.6 is 11.6 Å². The molecule has 0 unspecified atom stereocenters. The van der Waals surface area contributed by atoms with E-state index >= 15 is 0 Å². The van der Waals surface area contributed by atoms with Crippen molar-refractivity contribution in [3.63, 3.8) is 0 Å². The molecule has 0 fully saturated rings. The highest BCUT2D eigenvalue weighted by molar-refractivity contribution is 6.30. The minimum Gasteiger partial charge on any atom is -0.346 e. The van der Waals surface area contributed by atoms with Crippen LogP contribution in [0.5, 0.6) is 0 Å². The second-order valence-electron chi connectivity index (χ2n) is 6.88. The highest BCUT2D eigenvalue weighted by atomic mass is 35.5. The molecule has 0 radical (unpaired) electrons. The first-order valence-corrected chi connectivity index (χ1v) is 9.47. The van der Waals surface area contributed by atoms with E-state index in [0.717, 1.165) is 11.1 Å². The van der Waals surface area contributed by atoms with E-state index in [-0.39, 0.29) is 17.6 Å². The Bertz CT molecular complexity index is 1060. The summed E-state index contributed by atoms with van der Waals surface area (Å²) in [5.74, 6) is -0.189. The van der Waals surface area contributed by atoms with Crippen LogP contribution in [0.4, 0.5) is 5.69 Å². The monoisotopic (exact) mass is 412 g/mol. The van der Waals surface area contributed by atoms with Crippen molar-refractivity contribution in [3.8, 4) is 0 Å². The topological polar surface area (TPSA) is 90.1 Å². The van der Waals surface area contributed by atoms with Gasteiger partial charge in [0.15, 0.2) is 0 Å². The van der Waals surface area contributed by atoms with Crippen molar-refractivity contribution in [2.45, 2.75) is 33.4 Å². The van der Waals surface area contributed by atoms with Gasteiger partial charge < -0.3 is 5.32 Å². The number of hydrogen-bond acceptors (Lipinski definition) is 4. The van der Waals surface area contributed by atoms with Gasteiger partial charge in [0.25, 0.3) is 5.91 Å². The standard InChI is InChI=1S/C21H21ClN4O3/c1-13(18-5-4-6-19(22)11-18)23-21(27)17-9-7-16(8-10-17)12-25-15(3)20(26(28)29)14(2)24-25/h4-11,13H,12H2,1-3H3,(H,23,27)/t13-/m0/s1. The summed E-state index contributed by atoms with van der Waals surface area (Å²) in [5, 5.41) is 19.0. The molecule has 29 heavy (non-hydrogen) atoms. The molecule has 3 rings (SSSR count). The molecule has 0 bridgehead atoms. The first kappa shape index (κ1) is 20.5. The van der Waals surface area contributed by atoms with Crippen molar-refractivity contribution in [2.75, 3.05) is 0 Å². The van der Waals surface area contributed by atoms with E-state index in [9.17, 15) is 14.9 Å². The van der Waals surface area contributed by atoms with Crippen molar-refractivity contribution in [3.05, 3.63) is 91.7 Å². The molecule has 7 nitrogen and oxygen atoms in total. The number of nitro groups is 1. The molecular weight excluding hydrogens is 392 g/mol. The van der Waals surface area contributed by atoms with E-state index in [1.807, 2.05) is 37.3 Å². The first-order valence-electron chi connectivity index (χ1n) is 9.10. The van der Waals surface area contributed by atoms with Gasteiger partial charge in [-0.25, -0.2) is 0 Å². The molecule has 1 atom stereocenters. The zero-order chi connectivity index (χ0) is 21.1. The summed E-state index contributed by atoms with van der Waals surface area (Å²) < 4.78 is 1.60.